The molecule has 3 heterocycles. The van der Waals surface area contributed by atoms with Gasteiger partial charge in [-0.1, -0.05) is 5.16 Å². The van der Waals surface area contributed by atoms with E-state index in [1.807, 2.05) is 37.5 Å². The zero-order valence-electron chi connectivity index (χ0n) is 13.9. The van der Waals surface area contributed by atoms with Crippen LogP contribution in [0.15, 0.2) is 23.2 Å². The Bertz CT molecular complexity index is 620. The van der Waals surface area contributed by atoms with Crippen LogP contribution in [0.25, 0.3) is 0 Å². The second-order valence-corrected chi connectivity index (χ2v) is 6.39. The largest absolute Gasteiger partial charge is 0.361 e. The van der Waals surface area contributed by atoms with Crippen molar-refractivity contribution in [1.82, 2.24) is 19.6 Å². The molecular formula is C17H24N4O2. The number of aromatic nitrogens is 3. The number of carbonyl (C=O) groups excluding carboxylic acids is 1. The molecule has 3 rings (SSSR count). The van der Waals surface area contributed by atoms with Gasteiger partial charge >= 0.3 is 0 Å². The predicted octanol–water partition coefficient (Wildman–Crippen LogP) is 2.36. The summed E-state index contributed by atoms with van der Waals surface area (Å²) in [6.07, 6.45) is 9.06. The number of carbonyl (C=O) groups is 1. The Balaban J connectivity index is 1.45. The Kier molecular flexibility index (Phi) is 4.79. The van der Waals surface area contributed by atoms with E-state index in [-0.39, 0.29) is 5.91 Å². The van der Waals surface area contributed by atoms with E-state index in [9.17, 15) is 4.79 Å². The van der Waals surface area contributed by atoms with Gasteiger partial charge in [0.05, 0.1) is 12.0 Å². The maximum absolute atomic E-state index is 12.4. The summed E-state index contributed by atoms with van der Waals surface area (Å²) >= 11 is 0. The van der Waals surface area contributed by atoms with E-state index in [0.717, 1.165) is 55.9 Å². The molecule has 2 aromatic rings. The van der Waals surface area contributed by atoms with E-state index in [0.29, 0.717) is 12.3 Å². The minimum atomic E-state index is 0.242. The van der Waals surface area contributed by atoms with Crippen LogP contribution in [0.4, 0.5) is 0 Å². The molecule has 124 valence electrons. The van der Waals surface area contributed by atoms with Crippen molar-refractivity contribution < 1.29 is 9.32 Å². The number of amides is 1. The number of likely N-dealkylation sites (tertiary alicyclic amines) is 1. The van der Waals surface area contributed by atoms with Gasteiger partial charge in [0, 0.05) is 44.0 Å². The molecule has 2 aromatic heterocycles. The fourth-order valence-corrected chi connectivity index (χ4v) is 3.31. The highest BCUT2D eigenvalue weighted by atomic mass is 16.5. The summed E-state index contributed by atoms with van der Waals surface area (Å²) in [6, 6.07) is 0. The van der Waals surface area contributed by atoms with Gasteiger partial charge in [0.1, 0.15) is 5.76 Å². The van der Waals surface area contributed by atoms with E-state index in [2.05, 4.69) is 14.7 Å². The van der Waals surface area contributed by atoms with Crippen molar-refractivity contribution >= 4 is 5.91 Å². The van der Waals surface area contributed by atoms with Gasteiger partial charge in [0.15, 0.2) is 0 Å². The molecule has 6 heteroatoms. The first-order valence-electron chi connectivity index (χ1n) is 8.28. The van der Waals surface area contributed by atoms with Gasteiger partial charge in [-0.15, -0.1) is 0 Å². The molecule has 0 unspecified atom stereocenters. The van der Waals surface area contributed by atoms with Crippen molar-refractivity contribution in [2.24, 2.45) is 5.92 Å². The summed E-state index contributed by atoms with van der Waals surface area (Å²) in [5.41, 5.74) is 1.97. The smallest absolute Gasteiger partial charge is 0.222 e. The zero-order valence-corrected chi connectivity index (χ0v) is 13.9. The summed E-state index contributed by atoms with van der Waals surface area (Å²) in [7, 11) is 0. The number of hydrogen-bond acceptors (Lipinski definition) is 4. The highest BCUT2D eigenvalue weighted by Gasteiger charge is 2.23. The van der Waals surface area contributed by atoms with Crippen LogP contribution in [0.5, 0.6) is 0 Å². The molecule has 23 heavy (non-hydrogen) atoms. The first kappa shape index (κ1) is 15.8. The number of piperidine rings is 1. The number of nitrogens with zero attached hydrogens (tertiary/aromatic N) is 4. The van der Waals surface area contributed by atoms with E-state index in [1.165, 1.54) is 0 Å². The molecule has 6 nitrogen and oxygen atoms in total. The van der Waals surface area contributed by atoms with Gasteiger partial charge < -0.3 is 14.0 Å². The Labute approximate surface area is 136 Å². The summed E-state index contributed by atoms with van der Waals surface area (Å²) in [6.45, 7) is 6.56. The number of rotatable bonds is 5. The summed E-state index contributed by atoms with van der Waals surface area (Å²) in [5.74, 6) is 1.70. The van der Waals surface area contributed by atoms with Crippen LogP contribution in [0, 0.1) is 19.8 Å². The third kappa shape index (κ3) is 3.81. The Morgan fingerprint density at radius 2 is 2.13 bits per heavy atom. The second kappa shape index (κ2) is 6.98. The lowest BCUT2D eigenvalue weighted by atomic mass is 9.96. The molecule has 1 aliphatic rings. The molecule has 0 N–H and O–H groups in total. The van der Waals surface area contributed by atoms with Crippen LogP contribution in [-0.2, 0) is 17.8 Å². The first-order valence-corrected chi connectivity index (χ1v) is 8.28. The predicted molar refractivity (Wildman–Crippen MR) is 85.8 cm³/mol. The lowest BCUT2D eigenvalue weighted by Crippen LogP contribution is -2.39. The van der Waals surface area contributed by atoms with E-state index in [1.54, 1.807) is 0 Å². The van der Waals surface area contributed by atoms with Gasteiger partial charge in [0.25, 0.3) is 0 Å². The highest BCUT2D eigenvalue weighted by Crippen LogP contribution is 2.21. The van der Waals surface area contributed by atoms with Gasteiger partial charge in [-0.3, -0.25) is 4.79 Å². The summed E-state index contributed by atoms with van der Waals surface area (Å²) in [5, 5.41) is 3.94. The lowest BCUT2D eigenvalue weighted by molar-refractivity contribution is -0.132. The fraction of sp³-hybridized carbons (Fsp3) is 0.588. The molecule has 1 aliphatic heterocycles. The van der Waals surface area contributed by atoms with Gasteiger partial charge in [-0.25, -0.2) is 4.98 Å². The van der Waals surface area contributed by atoms with Crippen molar-refractivity contribution in [1.29, 1.82) is 0 Å². The maximum Gasteiger partial charge on any atom is 0.222 e. The zero-order chi connectivity index (χ0) is 16.2. The van der Waals surface area contributed by atoms with Crippen molar-refractivity contribution in [3.63, 3.8) is 0 Å². The van der Waals surface area contributed by atoms with Gasteiger partial charge in [-0.2, -0.15) is 0 Å². The van der Waals surface area contributed by atoms with Crippen LogP contribution in [0.2, 0.25) is 0 Å². The molecule has 1 saturated heterocycles. The molecule has 1 fully saturated rings. The standard InChI is InChI=1S/C17H24N4O2/c1-13-16(14(2)23-19-13)3-4-17(22)21-8-5-15(6-9-21)11-20-10-7-18-12-20/h7,10,12,15H,3-6,8-9,11H2,1-2H3. The minimum Gasteiger partial charge on any atom is -0.361 e. The third-order valence-electron chi connectivity index (χ3n) is 4.77. The average Bonchev–Trinajstić information content (AvgIpc) is 3.17. The molecular weight excluding hydrogens is 292 g/mol. The second-order valence-electron chi connectivity index (χ2n) is 6.39. The normalized spacial score (nSPS) is 16.0. The molecule has 0 bridgehead atoms. The highest BCUT2D eigenvalue weighted by molar-refractivity contribution is 5.76. The van der Waals surface area contributed by atoms with Crippen molar-refractivity contribution in [3.05, 3.63) is 35.7 Å². The van der Waals surface area contributed by atoms with Gasteiger partial charge in [-0.05, 0) is 39.0 Å². The first-order chi connectivity index (χ1) is 11.1. The molecule has 1 amide bonds. The van der Waals surface area contributed by atoms with Gasteiger partial charge in [0.2, 0.25) is 5.91 Å². The van der Waals surface area contributed by atoms with E-state index in [4.69, 9.17) is 4.52 Å². The Hall–Kier alpha value is -2.11. The van der Waals surface area contributed by atoms with E-state index >= 15 is 0 Å². The molecule has 0 atom stereocenters. The lowest BCUT2D eigenvalue weighted by Gasteiger charge is -2.32. The molecule has 0 radical (unpaired) electrons. The Morgan fingerprint density at radius 1 is 1.35 bits per heavy atom. The SMILES string of the molecule is Cc1noc(C)c1CCC(=O)N1CCC(Cn2ccnc2)CC1. The van der Waals surface area contributed by atoms with Crippen LogP contribution in [0.1, 0.15) is 36.3 Å². The molecule has 0 spiro atoms. The number of hydrogen-bond donors (Lipinski definition) is 0. The third-order valence-corrected chi connectivity index (χ3v) is 4.77. The summed E-state index contributed by atoms with van der Waals surface area (Å²) in [4.78, 5) is 18.5. The maximum atomic E-state index is 12.4. The van der Waals surface area contributed by atoms with Crippen molar-refractivity contribution in [3.8, 4) is 0 Å². The van der Waals surface area contributed by atoms with Crippen LogP contribution in [-0.4, -0.2) is 38.6 Å². The van der Waals surface area contributed by atoms with Crippen LogP contribution in [0.3, 0.4) is 0 Å². The Morgan fingerprint density at radius 3 is 2.74 bits per heavy atom. The van der Waals surface area contributed by atoms with Crippen LogP contribution < -0.4 is 0 Å². The quantitative estimate of drug-likeness (QED) is 0.849. The molecule has 0 aromatic carbocycles. The number of imidazole rings is 1. The van der Waals surface area contributed by atoms with Crippen molar-refractivity contribution in [2.75, 3.05) is 13.1 Å². The fourth-order valence-electron chi connectivity index (χ4n) is 3.31. The number of aryl methyl sites for hydroxylation is 2. The minimum absolute atomic E-state index is 0.242. The van der Waals surface area contributed by atoms with Crippen LogP contribution >= 0.6 is 0 Å². The average molecular weight is 316 g/mol. The van der Waals surface area contributed by atoms with Crippen molar-refractivity contribution in [2.45, 2.75) is 46.1 Å². The topological polar surface area (TPSA) is 64.2 Å². The summed E-state index contributed by atoms with van der Waals surface area (Å²) < 4.78 is 7.28. The molecule has 0 saturated carbocycles. The molecule has 0 aliphatic carbocycles. The monoisotopic (exact) mass is 316 g/mol. The van der Waals surface area contributed by atoms with E-state index < -0.39 is 0 Å².